The monoisotopic (exact) mass is 344 g/mol. The molecule has 10 nitrogen and oxygen atoms in total. The molecule has 0 atom stereocenters. The predicted molar refractivity (Wildman–Crippen MR) is 75.7 cm³/mol. The van der Waals surface area contributed by atoms with Crippen LogP contribution in [0.5, 0.6) is 0 Å². The number of nitrogens with zero attached hydrogens (tertiary/aromatic N) is 2. The van der Waals surface area contributed by atoms with Gasteiger partial charge in [-0.25, -0.2) is 0 Å². The molecular weight excluding hydrogens is 331 g/mol. The molecule has 0 aliphatic rings. The third-order valence-electron chi connectivity index (χ3n) is 2.85. The molecule has 0 N–H and O–H groups in total. The Morgan fingerprint density at radius 2 is 1.50 bits per heavy atom. The summed E-state index contributed by atoms with van der Waals surface area (Å²) in [5.74, 6) is -5.74. The fourth-order valence-corrected chi connectivity index (χ4v) is 1.90. The lowest BCUT2D eigenvalue weighted by atomic mass is 9.96. The number of carbonyl (C=O) groups is 2. The molecule has 0 aromatic heterocycles. The van der Waals surface area contributed by atoms with Crippen molar-refractivity contribution in [2.24, 2.45) is 0 Å². The van der Waals surface area contributed by atoms with Crippen LogP contribution in [0.25, 0.3) is 0 Å². The third-order valence-corrected chi connectivity index (χ3v) is 2.85. The highest BCUT2D eigenvalue weighted by molar-refractivity contribution is 6.01. The van der Waals surface area contributed by atoms with E-state index in [1.807, 2.05) is 0 Å². The Morgan fingerprint density at radius 1 is 1.04 bits per heavy atom. The molecule has 1 rings (SSSR count). The van der Waals surface area contributed by atoms with Gasteiger partial charge in [0.05, 0.1) is 34.7 Å². The van der Waals surface area contributed by atoms with Gasteiger partial charge in [-0.15, -0.1) is 0 Å². The highest BCUT2D eigenvalue weighted by Gasteiger charge is 2.39. The second-order valence-electron chi connectivity index (χ2n) is 4.31. The van der Waals surface area contributed by atoms with Crippen LogP contribution in [0.4, 0.5) is 15.8 Å². The molecule has 1 aromatic rings. The normalized spacial score (nSPS) is 10.3. The number of rotatable bonds is 7. The van der Waals surface area contributed by atoms with Gasteiger partial charge in [-0.05, 0) is 19.9 Å². The van der Waals surface area contributed by atoms with Crippen LogP contribution in [0.15, 0.2) is 12.1 Å². The van der Waals surface area contributed by atoms with Crippen LogP contribution in [0, 0.1) is 26.0 Å². The molecule has 0 saturated heterocycles. The molecule has 0 amide bonds. The summed E-state index contributed by atoms with van der Waals surface area (Å²) in [5, 5.41) is 21.8. The van der Waals surface area contributed by atoms with Crippen molar-refractivity contribution >= 4 is 23.3 Å². The minimum absolute atomic E-state index is 0.141. The lowest BCUT2D eigenvalue weighted by molar-refractivity contribution is -0.396. The van der Waals surface area contributed by atoms with Crippen LogP contribution in [0.2, 0.25) is 0 Å². The number of hydrogen-bond acceptors (Lipinski definition) is 8. The topological polar surface area (TPSA) is 139 Å². The number of carbonyl (C=O) groups excluding carboxylic acids is 2. The number of nitro benzene ring substituents is 2. The number of ether oxygens (including phenoxy) is 2. The van der Waals surface area contributed by atoms with E-state index in [-0.39, 0.29) is 13.2 Å². The van der Waals surface area contributed by atoms with Crippen LogP contribution >= 0.6 is 0 Å². The number of benzene rings is 1. The lowest BCUT2D eigenvalue weighted by Gasteiger charge is -2.14. The second-order valence-corrected chi connectivity index (χ2v) is 4.31. The zero-order valence-electron chi connectivity index (χ0n) is 12.7. The molecule has 1 aromatic carbocycles. The number of nitro groups is 2. The summed E-state index contributed by atoms with van der Waals surface area (Å²) in [6, 6.07) is 0.741. The molecule has 0 fully saturated rings. The highest BCUT2D eigenvalue weighted by Crippen LogP contribution is 2.34. The van der Waals surface area contributed by atoms with E-state index >= 15 is 0 Å². The Kier molecular flexibility index (Phi) is 6.27. The Labute approximate surface area is 134 Å². The van der Waals surface area contributed by atoms with Crippen molar-refractivity contribution in [3.8, 4) is 0 Å². The summed E-state index contributed by atoms with van der Waals surface area (Å²) in [7, 11) is 0. The summed E-state index contributed by atoms with van der Waals surface area (Å²) in [6.07, 6.45) is 0. The molecule has 11 heteroatoms. The predicted octanol–water partition coefficient (Wildman–Crippen LogP) is 1.85. The first-order valence-electron chi connectivity index (χ1n) is 6.70. The van der Waals surface area contributed by atoms with Gasteiger partial charge in [0.1, 0.15) is 0 Å². The molecule has 0 spiro atoms. The Hall–Kier alpha value is -3.11. The Bertz CT molecular complexity index is 673. The Morgan fingerprint density at radius 3 is 1.88 bits per heavy atom. The average molecular weight is 344 g/mol. The molecule has 0 unspecified atom stereocenters. The molecule has 0 aliphatic carbocycles. The molecule has 130 valence electrons. The summed E-state index contributed by atoms with van der Waals surface area (Å²) < 4.78 is 23.2. The summed E-state index contributed by atoms with van der Waals surface area (Å²) in [4.78, 5) is 43.5. The van der Waals surface area contributed by atoms with Crippen molar-refractivity contribution in [2.75, 3.05) is 13.2 Å². The standard InChI is InChI=1S/C13H13FN2O8/c1-3-23-12(17)11(13(18)24-4-2)7-5-8(14)10(16(21)22)6-9(7)15(19)20/h5-6,11H,3-4H2,1-2H3. The number of halogens is 1. The average Bonchev–Trinajstić information content (AvgIpc) is 2.47. The summed E-state index contributed by atoms with van der Waals surface area (Å²) in [6.45, 7) is 2.59. The maximum absolute atomic E-state index is 13.8. The summed E-state index contributed by atoms with van der Waals surface area (Å²) in [5.41, 5.74) is -2.80. The van der Waals surface area contributed by atoms with Gasteiger partial charge in [-0.2, -0.15) is 4.39 Å². The molecule has 0 radical (unpaired) electrons. The van der Waals surface area contributed by atoms with Gasteiger partial charge in [0.2, 0.25) is 5.82 Å². The second kappa shape index (κ2) is 7.94. The minimum Gasteiger partial charge on any atom is -0.465 e. The van der Waals surface area contributed by atoms with Crippen LogP contribution in [-0.2, 0) is 19.1 Å². The van der Waals surface area contributed by atoms with Crippen molar-refractivity contribution in [3.05, 3.63) is 43.7 Å². The SMILES string of the molecule is CCOC(=O)C(C(=O)OCC)c1cc(F)c([N+](=O)[O-])cc1[N+](=O)[O-]. The van der Waals surface area contributed by atoms with E-state index < -0.39 is 50.5 Å². The van der Waals surface area contributed by atoms with Gasteiger partial charge in [-0.3, -0.25) is 29.8 Å². The van der Waals surface area contributed by atoms with E-state index in [0.29, 0.717) is 12.1 Å². The van der Waals surface area contributed by atoms with Gasteiger partial charge in [0.25, 0.3) is 5.69 Å². The van der Waals surface area contributed by atoms with E-state index in [1.54, 1.807) is 0 Å². The van der Waals surface area contributed by atoms with Crippen molar-refractivity contribution in [3.63, 3.8) is 0 Å². The fraction of sp³-hybridized carbons (Fsp3) is 0.385. The van der Waals surface area contributed by atoms with Crippen molar-refractivity contribution in [2.45, 2.75) is 19.8 Å². The lowest BCUT2D eigenvalue weighted by Crippen LogP contribution is -2.27. The molecule has 0 saturated carbocycles. The maximum atomic E-state index is 13.8. The molecule has 0 heterocycles. The zero-order valence-corrected chi connectivity index (χ0v) is 12.7. The van der Waals surface area contributed by atoms with E-state index in [1.165, 1.54) is 13.8 Å². The molecule has 0 aliphatic heterocycles. The molecule has 24 heavy (non-hydrogen) atoms. The first-order chi connectivity index (χ1) is 11.2. The van der Waals surface area contributed by atoms with Crippen molar-refractivity contribution in [1.82, 2.24) is 0 Å². The first kappa shape index (κ1) is 18.9. The fourth-order valence-electron chi connectivity index (χ4n) is 1.90. The number of hydrogen-bond donors (Lipinski definition) is 0. The number of esters is 2. The molecule has 0 bridgehead atoms. The van der Waals surface area contributed by atoms with E-state index in [2.05, 4.69) is 9.47 Å². The van der Waals surface area contributed by atoms with Crippen LogP contribution in [0.1, 0.15) is 25.3 Å². The third kappa shape index (κ3) is 4.00. The highest BCUT2D eigenvalue weighted by atomic mass is 19.1. The van der Waals surface area contributed by atoms with Crippen LogP contribution in [0.3, 0.4) is 0 Å². The van der Waals surface area contributed by atoms with E-state index in [9.17, 15) is 34.2 Å². The van der Waals surface area contributed by atoms with Crippen LogP contribution in [-0.4, -0.2) is 35.0 Å². The van der Waals surface area contributed by atoms with Gasteiger partial charge < -0.3 is 9.47 Å². The van der Waals surface area contributed by atoms with Gasteiger partial charge in [0, 0.05) is 0 Å². The van der Waals surface area contributed by atoms with E-state index in [0.717, 1.165) is 0 Å². The van der Waals surface area contributed by atoms with E-state index in [4.69, 9.17) is 0 Å². The first-order valence-corrected chi connectivity index (χ1v) is 6.70. The molecular formula is C13H13FN2O8. The minimum atomic E-state index is -1.93. The quantitative estimate of drug-likeness (QED) is 0.316. The van der Waals surface area contributed by atoms with Crippen molar-refractivity contribution < 1.29 is 33.3 Å². The maximum Gasteiger partial charge on any atom is 0.325 e. The smallest absolute Gasteiger partial charge is 0.325 e. The summed E-state index contributed by atoms with van der Waals surface area (Å²) >= 11 is 0. The van der Waals surface area contributed by atoms with Crippen molar-refractivity contribution in [1.29, 1.82) is 0 Å². The van der Waals surface area contributed by atoms with Gasteiger partial charge in [-0.1, -0.05) is 0 Å². The zero-order chi connectivity index (χ0) is 18.4. The largest absolute Gasteiger partial charge is 0.465 e. The van der Waals surface area contributed by atoms with Gasteiger partial charge >= 0.3 is 17.6 Å². The van der Waals surface area contributed by atoms with Crippen LogP contribution < -0.4 is 0 Å². The Balaban J connectivity index is 3.58. The van der Waals surface area contributed by atoms with Gasteiger partial charge in [0.15, 0.2) is 5.92 Å².